The summed E-state index contributed by atoms with van der Waals surface area (Å²) in [7, 11) is 0. The molecule has 1 atom stereocenters. The number of allylic oxidation sites excluding steroid dienone is 1. The summed E-state index contributed by atoms with van der Waals surface area (Å²) < 4.78 is 6.08. The summed E-state index contributed by atoms with van der Waals surface area (Å²) in [6, 6.07) is 18.6. The van der Waals surface area contributed by atoms with Gasteiger partial charge in [0.15, 0.2) is 17.8 Å². The molecule has 0 bridgehead atoms. The van der Waals surface area contributed by atoms with E-state index in [1.807, 2.05) is 49.4 Å². The van der Waals surface area contributed by atoms with Gasteiger partial charge in [0.05, 0.1) is 11.6 Å². The van der Waals surface area contributed by atoms with Gasteiger partial charge in [0.25, 0.3) is 5.91 Å². The van der Waals surface area contributed by atoms with Crippen molar-refractivity contribution in [2.75, 3.05) is 18.0 Å². The van der Waals surface area contributed by atoms with Crippen molar-refractivity contribution in [2.45, 2.75) is 37.8 Å². The summed E-state index contributed by atoms with van der Waals surface area (Å²) in [6.07, 6.45) is 6.75. The van der Waals surface area contributed by atoms with Gasteiger partial charge >= 0.3 is 0 Å². The Morgan fingerprint density at radius 1 is 1.16 bits per heavy atom. The number of anilines is 1. The van der Waals surface area contributed by atoms with E-state index >= 15 is 0 Å². The van der Waals surface area contributed by atoms with Gasteiger partial charge in [-0.3, -0.25) is 9.59 Å². The van der Waals surface area contributed by atoms with Gasteiger partial charge < -0.3 is 15.0 Å². The van der Waals surface area contributed by atoms with E-state index in [1.165, 1.54) is 0 Å². The Kier molecular flexibility index (Phi) is 6.69. The number of aryl methyl sites for hydroxylation is 1. The number of nitriles is 1. The highest BCUT2D eigenvalue weighted by Gasteiger charge is 2.35. The highest BCUT2D eigenvalue weighted by atomic mass is 16.5. The molecule has 1 N–H and O–H groups in total. The molecule has 1 unspecified atom stereocenters. The van der Waals surface area contributed by atoms with Crippen LogP contribution in [0.25, 0.3) is 0 Å². The largest absolute Gasteiger partial charge is 0.490 e. The molecular weight excluding hydrogens is 466 g/mol. The number of ether oxygens (including phenoxy) is 1. The molecule has 1 fully saturated rings. The van der Waals surface area contributed by atoms with Crippen LogP contribution < -0.4 is 15.0 Å². The first kappa shape index (κ1) is 24.2. The third kappa shape index (κ3) is 4.94. The van der Waals surface area contributed by atoms with Gasteiger partial charge in [0, 0.05) is 25.9 Å². The Balaban J connectivity index is 1.25. The van der Waals surface area contributed by atoms with Gasteiger partial charge in [0.2, 0.25) is 0 Å². The summed E-state index contributed by atoms with van der Waals surface area (Å²) in [5.74, 6) is 0.976. The quantitative estimate of drug-likeness (QED) is 0.413. The number of aromatic nitrogens is 2. The first-order valence-electron chi connectivity index (χ1n) is 12.3. The minimum Gasteiger partial charge on any atom is -0.490 e. The van der Waals surface area contributed by atoms with Crippen molar-refractivity contribution in [3.05, 3.63) is 94.7 Å². The Morgan fingerprint density at radius 3 is 2.73 bits per heavy atom. The lowest BCUT2D eigenvalue weighted by Crippen LogP contribution is -2.47. The van der Waals surface area contributed by atoms with E-state index in [9.17, 15) is 9.59 Å². The lowest BCUT2D eigenvalue weighted by molar-refractivity contribution is -0.111. The second-order valence-corrected chi connectivity index (χ2v) is 9.38. The predicted octanol–water partition coefficient (Wildman–Crippen LogP) is 3.64. The topological polar surface area (TPSA) is 108 Å². The summed E-state index contributed by atoms with van der Waals surface area (Å²) >= 11 is 0. The molecule has 5 rings (SSSR count). The smallest absolute Gasteiger partial charge is 0.273 e. The number of rotatable bonds is 6. The maximum atomic E-state index is 13.1. The van der Waals surface area contributed by atoms with Gasteiger partial charge in [-0.25, -0.2) is 0 Å². The van der Waals surface area contributed by atoms with E-state index in [2.05, 4.69) is 26.5 Å². The van der Waals surface area contributed by atoms with Crippen LogP contribution in [-0.4, -0.2) is 41.6 Å². The number of carbonyl (C=O) groups is 2. The van der Waals surface area contributed by atoms with E-state index in [0.717, 1.165) is 54.7 Å². The van der Waals surface area contributed by atoms with Crippen LogP contribution >= 0.6 is 0 Å². The zero-order valence-electron chi connectivity index (χ0n) is 20.6. The summed E-state index contributed by atoms with van der Waals surface area (Å²) in [4.78, 5) is 27.5. The monoisotopic (exact) mass is 493 g/mol. The lowest BCUT2D eigenvalue weighted by Gasteiger charge is -2.33. The molecule has 2 heterocycles. The number of benzene rings is 2. The van der Waals surface area contributed by atoms with Crippen LogP contribution in [0.4, 0.5) is 5.82 Å². The fraction of sp³-hybridized carbons (Fsp3) is 0.276. The number of hydrogen-bond donors (Lipinski definition) is 1. The average Bonchev–Trinajstić information content (AvgIpc) is 2.94. The number of nitrogens with zero attached hydrogens (tertiary/aromatic N) is 4. The van der Waals surface area contributed by atoms with Crippen LogP contribution in [0.5, 0.6) is 5.75 Å². The Bertz CT molecular complexity index is 1400. The third-order valence-electron chi connectivity index (χ3n) is 6.89. The molecule has 0 spiro atoms. The predicted molar refractivity (Wildman–Crippen MR) is 138 cm³/mol. The Labute approximate surface area is 215 Å². The zero-order chi connectivity index (χ0) is 25.8. The molecule has 0 radical (unpaired) electrons. The van der Waals surface area contributed by atoms with Crippen LogP contribution in [0.3, 0.4) is 0 Å². The number of nitrogens with one attached hydrogen (secondary N) is 1. The molecule has 186 valence electrons. The number of aldehydes is 1. The average molecular weight is 494 g/mol. The summed E-state index contributed by atoms with van der Waals surface area (Å²) in [5, 5.41) is 20.5. The zero-order valence-corrected chi connectivity index (χ0v) is 20.6. The molecule has 2 aromatic carbocycles. The molecule has 8 nitrogen and oxygen atoms in total. The van der Waals surface area contributed by atoms with E-state index in [-0.39, 0.29) is 11.8 Å². The number of hydrogen-bond acceptors (Lipinski definition) is 7. The van der Waals surface area contributed by atoms with E-state index in [0.29, 0.717) is 17.7 Å². The van der Waals surface area contributed by atoms with Crippen LogP contribution in [-0.2, 0) is 16.8 Å². The molecular formula is C29H27N5O3. The van der Waals surface area contributed by atoms with E-state index < -0.39 is 11.4 Å². The number of amides is 1. The second kappa shape index (κ2) is 10.2. The molecule has 8 heteroatoms. The molecule has 2 aliphatic rings. The Morgan fingerprint density at radius 2 is 1.97 bits per heavy atom. The van der Waals surface area contributed by atoms with Crippen molar-refractivity contribution in [2.24, 2.45) is 0 Å². The van der Waals surface area contributed by atoms with Crippen molar-refractivity contribution in [1.82, 2.24) is 15.5 Å². The van der Waals surface area contributed by atoms with Gasteiger partial charge in [0.1, 0.15) is 17.4 Å². The molecule has 3 aromatic rings. The van der Waals surface area contributed by atoms with Gasteiger partial charge in [-0.2, -0.15) is 5.26 Å². The first-order chi connectivity index (χ1) is 18.0. The van der Waals surface area contributed by atoms with Crippen molar-refractivity contribution >= 4 is 18.0 Å². The number of carbonyl (C=O) groups excluding carboxylic acids is 2. The van der Waals surface area contributed by atoms with Crippen LogP contribution in [0.15, 0.2) is 66.7 Å². The lowest BCUT2D eigenvalue weighted by atomic mass is 9.82. The SMILES string of the molecule is Cc1cc(C(=O)NC2(C=O)C=CCc3ccccc32)nnc1N1CCC(Oc2cccc(C#N)c2)CC1. The molecule has 1 aromatic heterocycles. The maximum Gasteiger partial charge on any atom is 0.273 e. The van der Waals surface area contributed by atoms with Gasteiger partial charge in [-0.15, -0.1) is 10.2 Å². The standard InChI is InChI=1S/C29H27N5O3/c1-20-16-26(28(36)31-29(19-35)13-5-8-22-7-2-3-10-25(22)29)32-33-27(20)34-14-11-23(12-15-34)37-24-9-4-6-21(17-24)18-30/h2-7,9-10,13,16-17,19,23H,8,11-12,14-15H2,1H3,(H,31,36). The van der Waals surface area contributed by atoms with Crippen molar-refractivity contribution in [3.63, 3.8) is 0 Å². The molecule has 0 saturated carbocycles. The minimum absolute atomic E-state index is 0.0504. The summed E-state index contributed by atoms with van der Waals surface area (Å²) in [6.45, 7) is 3.38. The van der Waals surface area contributed by atoms with Crippen LogP contribution in [0.2, 0.25) is 0 Å². The maximum absolute atomic E-state index is 13.1. The van der Waals surface area contributed by atoms with Crippen molar-refractivity contribution in [1.29, 1.82) is 5.26 Å². The molecule has 1 aliphatic carbocycles. The Hall–Kier alpha value is -4.51. The number of piperidine rings is 1. The fourth-order valence-corrected chi connectivity index (χ4v) is 4.98. The van der Waals surface area contributed by atoms with Gasteiger partial charge in [-0.05, 0) is 54.3 Å². The van der Waals surface area contributed by atoms with Crippen molar-refractivity contribution in [3.8, 4) is 11.8 Å². The molecule has 37 heavy (non-hydrogen) atoms. The van der Waals surface area contributed by atoms with E-state index in [1.54, 1.807) is 24.3 Å². The summed E-state index contributed by atoms with van der Waals surface area (Å²) in [5.41, 5.74) is 2.12. The fourth-order valence-electron chi connectivity index (χ4n) is 4.98. The second-order valence-electron chi connectivity index (χ2n) is 9.38. The molecule has 1 aliphatic heterocycles. The van der Waals surface area contributed by atoms with Crippen molar-refractivity contribution < 1.29 is 14.3 Å². The van der Waals surface area contributed by atoms with Crippen LogP contribution in [0, 0.1) is 18.3 Å². The molecule has 1 amide bonds. The molecule has 1 saturated heterocycles. The highest BCUT2D eigenvalue weighted by molar-refractivity contribution is 5.96. The number of fused-ring (bicyclic) bond motifs is 1. The van der Waals surface area contributed by atoms with E-state index in [4.69, 9.17) is 10.00 Å². The highest BCUT2D eigenvalue weighted by Crippen LogP contribution is 2.30. The first-order valence-corrected chi connectivity index (χ1v) is 12.3. The van der Waals surface area contributed by atoms with Crippen LogP contribution in [0.1, 0.15) is 45.6 Å². The minimum atomic E-state index is -1.23. The normalized spacial score (nSPS) is 19.0. The third-order valence-corrected chi connectivity index (χ3v) is 6.89. The van der Waals surface area contributed by atoms with Gasteiger partial charge in [-0.1, -0.05) is 42.5 Å².